The zero-order valence-corrected chi connectivity index (χ0v) is 14.5. The van der Waals surface area contributed by atoms with Crippen molar-refractivity contribution in [1.29, 1.82) is 0 Å². The Morgan fingerprint density at radius 3 is 2.48 bits per heavy atom. The van der Waals surface area contributed by atoms with Gasteiger partial charge in [-0.15, -0.1) is 0 Å². The second-order valence-corrected chi connectivity index (χ2v) is 6.92. The molecule has 1 aromatic rings. The van der Waals surface area contributed by atoms with Gasteiger partial charge in [0.25, 0.3) is 0 Å². The molecule has 0 N–H and O–H groups in total. The average Bonchev–Trinajstić information content (AvgIpc) is 2.63. The summed E-state index contributed by atoms with van der Waals surface area (Å²) in [4.78, 5) is 11.4. The highest BCUT2D eigenvalue weighted by atomic mass is 35.5. The molecule has 1 aliphatic rings. The van der Waals surface area contributed by atoms with Crippen molar-refractivity contribution in [3.05, 3.63) is 27.2 Å². The van der Waals surface area contributed by atoms with E-state index in [0.29, 0.717) is 15.1 Å². The fourth-order valence-corrected chi connectivity index (χ4v) is 4.27. The summed E-state index contributed by atoms with van der Waals surface area (Å²) in [6, 6.07) is 3.33. The molecule has 0 bridgehead atoms. The minimum atomic E-state index is -0.266. The standard InChI is InChI=1S/C13H15Cl3N2O2S/c1-20-12(19)8-17-4-2-3-5-18(21-17)13-10(15)6-9(14)7-11(13)16/h6-7H,2-5,8H2,1H3. The fraction of sp³-hybridized carbons (Fsp3) is 0.462. The van der Waals surface area contributed by atoms with Gasteiger partial charge in [-0.3, -0.25) is 4.79 Å². The van der Waals surface area contributed by atoms with Gasteiger partial charge in [-0.05, 0) is 25.0 Å². The fourth-order valence-electron chi connectivity index (χ4n) is 2.01. The number of halogens is 3. The maximum absolute atomic E-state index is 11.4. The largest absolute Gasteiger partial charge is 0.468 e. The summed E-state index contributed by atoms with van der Waals surface area (Å²) >= 11 is 19.9. The number of carbonyl (C=O) groups excluding carboxylic acids is 1. The Labute approximate surface area is 143 Å². The van der Waals surface area contributed by atoms with Crippen LogP contribution in [-0.4, -0.2) is 37.0 Å². The van der Waals surface area contributed by atoms with Crippen LogP contribution in [0.4, 0.5) is 5.69 Å². The Hall–Kier alpha value is -0.330. The van der Waals surface area contributed by atoms with Crippen LogP contribution < -0.4 is 4.31 Å². The number of benzene rings is 1. The second kappa shape index (κ2) is 7.79. The molecule has 0 spiro atoms. The molecule has 1 fully saturated rings. The second-order valence-electron chi connectivity index (χ2n) is 4.55. The van der Waals surface area contributed by atoms with E-state index in [-0.39, 0.29) is 12.5 Å². The van der Waals surface area contributed by atoms with E-state index in [0.717, 1.165) is 31.6 Å². The van der Waals surface area contributed by atoms with Crippen LogP contribution in [0.1, 0.15) is 12.8 Å². The number of carbonyl (C=O) groups is 1. The normalized spacial score (nSPS) is 16.7. The predicted octanol–water partition coefficient (Wildman–Crippen LogP) is 4.29. The number of methoxy groups -OCH3 is 1. The lowest BCUT2D eigenvalue weighted by atomic mass is 10.2. The lowest BCUT2D eigenvalue weighted by Crippen LogP contribution is -2.28. The molecule has 0 aliphatic carbocycles. The van der Waals surface area contributed by atoms with Gasteiger partial charge in [0.05, 0.1) is 22.8 Å². The number of anilines is 1. The van der Waals surface area contributed by atoms with Gasteiger partial charge < -0.3 is 9.04 Å². The van der Waals surface area contributed by atoms with Gasteiger partial charge in [0.15, 0.2) is 0 Å². The molecule has 0 aromatic heterocycles. The molecule has 0 atom stereocenters. The summed E-state index contributed by atoms with van der Waals surface area (Å²) in [5.41, 5.74) is 0.726. The van der Waals surface area contributed by atoms with Crippen LogP contribution in [-0.2, 0) is 9.53 Å². The summed E-state index contributed by atoms with van der Waals surface area (Å²) in [6.07, 6.45) is 1.98. The van der Waals surface area contributed by atoms with Crippen molar-refractivity contribution in [2.45, 2.75) is 12.8 Å². The zero-order valence-electron chi connectivity index (χ0n) is 11.4. The van der Waals surface area contributed by atoms with Gasteiger partial charge in [-0.25, -0.2) is 4.31 Å². The number of nitrogens with zero attached hydrogens (tertiary/aromatic N) is 2. The molecule has 21 heavy (non-hydrogen) atoms. The topological polar surface area (TPSA) is 32.8 Å². The third-order valence-electron chi connectivity index (χ3n) is 3.00. The van der Waals surface area contributed by atoms with Crippen LogP contribution in [0.5, 0.6) is 0 Å². The van der Waals surface area contributed by atoms with Crippen molar-refractivity contribution in [2.75, 3.05) is 31.0 Å². The van der Waals surface area contributed by atoms with Crippen LogP contribution in [0.15, 0.2) is 12.1 Å². The number of ether oxygens (including phenoxy) is 1. The molecule has 116 valence electrons. The molecule has 4 nitrogen and oxygen atoms in total. The molecule has 1 aliphatic heterocycles. The third kappa shape index (κ3) is 4.57. The Balaban J connectivity index is 2.20. The summed E-state index contributed by atoms with van der Waals surface area (Å²) in [5.74, 6) is -0.266. The van der Waals surface area contributed by atoms with Crippen LogP contribution in [0.3, 0.4) is 0 Å². The van der Waals surface area contributed by atoms with Crippen molar-refractivity contribution < 1.29 is 9.53 Å². The summed E-state index contributed by atoms with van der Waals surface area (Å²) < 4.78 is 8.66. The van der Waals surface area contributed by atoms with Gasteiger partial charge >= 0.3 is 5.97 Å². The molecule has 0 amide bonds. The van der Waals surface area contributed by atoms with Crippen LogP contribution in [0, 0.1) is 0 Å². The van der Waals surface area contributed by atoms with Gasteiger partial charge in [0.1, 0.15) is 6.54 Å². The highest BCUT2D eigenvalue weighted by Crippen LogP contribution is 2.41. The molecule has 0 unspecified atom stereocenters. The molecule has 0 saturated carbocycles. The first-order chi connectivity index (χ1) is 10.0. The number of esters is 1. The molecule has 1 heterocycles. The Morgan fingerprint density at radius 1 is 1.24 bits per heavy atom. The van der Waals surface area contributed by atoms with Gasteiger partial charge in [0, 0.05) is 30.2 Å². The van der Waals surface area contributed by atoms with Crippen LogP contribution >= 0.6 is 46.9 Å². The first kappa shape index (κ1) is 17.0. The van der Waals surface area contributed by atoms with E-state index >= 15 is 0 Å². The average molecular weight is 370 g/mol. The third-order valence-corrected chi connectivity index (χ3v) is 4.90. The molecule has 8 heteroatoms. The van der Waals surface area contributed by atoms with Gasteiger partial charge in [-0.2, -0.15) is 0 Å². The Kier molecular flexibility index (Phi) is 6.32. The number of hydrogen-bond acceptors (Lipinski definition) is 5. The molecule has 1 aromatic carbocycles. The highest BCUT2D eigenvalue weighted by molar-refractivity contribution is 7.98. The smallest absolute Gasteiger partial charge is 0.320 e. The number of hydrogen-bond donors (Lipinski definition) is 0. The van der Waals surface area contributed by atoms with Crippen LogP contribution in [0.25, 0.3) is 0 Å². The first-order valence-electron chi connectivity index (χ1n) is 6.43. The van der Waals surface area contributed by atoms with E-state index in [1.54, 1.807) is 12.1 Å². The molecular formula is C13H15Cl3N2O2S. The van der Waals surface area contributed by atoms with Crippen molar-refractivity contribution in [3.8, 4) is 0 Å². The first-order valence-corrected chi connectivity index (χ1v) is 8.29. The minimum absolute atomic E-state index is 0.223. The van der Waals surface area contributed by atoms with E-state index in [9.17, 15) is 4.79 Å². The van der Waals surface area contributed by atoms with Crippen molar-refractivity contribution >= 4 is 58.6 Å². The van der Waals surface area contributed by atoms with Crippen molar-refractivity contribution in [2.24, 2.45) is 0 Å². The van der Waals surface area contributed by atoms with Gasteiger partial charge in [0.2, 0.25) is 0 Å². The predicted molar refractivity (Wildman–Crippen MR) is 89.2 cm³/mol. The monoisotopic (exact) mass is 368 g/mol. The maximum Gasteiger partial charge on any atom is 0.320 e. The van der Waals surface area contributed by atoms with E-state index in [1.807, 2.05) is 8.61 Å². The van der Waals surface area contributed by atoms with Gasteiger partial charge in [-0.1, -0.05) is 34.8 Å². The molecule has 2 rings (SSSR count). The Morgan fingerprint density at radius 2 is 1.86 bits per heavy atom. The lowest BCUT2D eigenvalue weighted by molar-refractivity contribution is -0.140. The minimum Gasteiger partial charge on any atom is -0.468 e. The highest BCUT2D eigenvalue weighted by Gasteiger charge is 2.23. The molecule has 0 radical (unpaired) electrons. The van der Waals surface area contributed by atoms with E-state index in [2.05, 4.69) is 0 Å². The molecule has 1 saturated heterocycles. The maximum atomic E-state index is 11.4. The Bertz CT molecular complexity index is 507. The van der Waals surface area contributed by atoms with E-state index in [4.69, 9.17) is 39.5 Å². The van der Waals surface area contributed by atoms with E-state index < -0.39 is 0 Å². The summed E-state index contributed by atoms with van der Waals surface area (Å²) in [6.45, 7) is 1.82. The van der Waals surface area contributed by atoms with Crippen molar-refractivity contribution in [3.63, 3.8) is 0 Å². The van der Waals surface area contributed by atoms with Crippen molar-refractivity contribution in [1.82, 2.24) is 4.31 Å². The van der Waals surface area contributed by atoms with E-state index in [1.165, 1.54) is 19.2 Å². The lowest BCUT2D eigenvalue weighted by Gasteiger charge is -2.27. The zero-order chi connectivity index (χ0) is 15.4. The molecular weight excluding hydrogens is 355 g/mol. The quantitative estimate of drug-likeness (QED) is 0.586. The van der Waals surface area contributed by atoms with Crippen LogP contribution in [0.2, 0.25) is 15.1 Å². The SMILES string of the molecule is COC(=O)CN1CCCCN(c2c(Cl)cc(Cl)cc2Cl)S1. The summed E-state index contributed by atoms with van der Waals surface area (Å²) in [7, 11) is 1.38. The number of rotatable bonds is 3. The summed E-state index contributed by atoms with van der Waals surface area (Å²) in [5, 5.41) is 1.50.